The Labute approximate surface area is 89.3 Å². The van der Waals surface area contributed by atoms with E-state index in [0.717, 1.165) is 5.56 Å². The average molecular weight is 208 g/mol. The molecule has 0 radical (unpaired) electrons. The van der Waals surface area contributed by atoms with Gasteiger partial charge in [0, 0.05) is 12.7 Å². The van der Waals surface area contributed by atoms with Crippen LogP contribution in [0.2, 0.25) is 0 Å². The second-order valence-electron chi connectivity index (χ2n) is 3.56. The van der Waals surface area contributed by atoms with E-state index in [4.69, 9.17) is 5.11 Å². The number of nitrogens with zero attached hydrogens (tertiary/aromatic N) is 1. The fraction of sp³-hybridized carbons (Fsp3) is 0.455. The molecule has 0 aromatic carbocycles. The maximum Gasteiger partial charge on any atom is 0.270 e. The molecule has 1 aromatic heterocycles. The van der Waals surface area contributed by atoms with Crippen LogP contribution >= 0.6 is 0 Å². The summed E-state index contributed by atoms with van der Waals surface area (Å²) in [5.41, 5.74) is 1.30. The van der Waals surface area contributed by atoms with Crippen molar-refractivity contribution in [1.29, 1.82) is 0 Å². The predicted octanol–water partition coefficient (Wildman–Crippen LogP) is 0.891. The Morgan fingerprint density at radius 2 is 2.40 bits per heavy atom. The van der Waals surface area contributed by atoms with Gasteiger partial charge in [-0.05, 0) is 31.9 Å². The molecule has 1 rings (SSSR count). The molecule has 1 amide bonds. The average Bonchev–Trinajstić information content (AvgIpc) is 2.17. The molecule has 82 valence electrons. The van der Waals surface area contributed by atoms with E-state index in [-0.39, 0.29) is 5.91 Å². The van der Waals surface area contributed by atoms with Gasteiger partial charge in [-0.25, -0.2) is 0 Å². The number of nitrogens with one attached hydrogen (secondary N) is 1. The van der Waals surface area contributed by atoms with Crippen LogP contribution in [0.15, 0.2) is 18.3 Å². The largest absolute Gasteiger partial charge is 0.393 e. The highest BCUT2D eigenvalue weighted by atomic mass is 16.3. The summed E-state index contributed by atoms with van der Waals surface area (Å²) in [6, 6.07) is 3.64. The summed E-state index contributed by atoms with van der Waals surface area (Å²) in [4.78, 5) is 15.6. The van der Waals surface area contributed by atoms with E-state index in [9.17, 15) is 4.79 Å². The van der Waals surface area contributed by atoms with Gasteiger partial charge in [-0.1, -0.05) is 6.07 Å². The zero-order valence-corrected chi connectivity index (χ0v) is 9.03. The highest BCUT2D eigenvalue weighted by Crippen LogP contribution is 2.02. The van der Waals surface area contributed by atoms with Gasteiger partial charge in [-0.2, -0.15) is 0 Å². The van der Waals surface area contributed by atoms with Crippen LogP contribution < -0.4 is 5.32 Å². The molecule has 15 heavy (non-hydrogen) atoms. The van der Waals surface area contributed by atoms with Crippen LogP contribution in [-0.2, 0) is 0 Å². The van der Waals surface area contributed by atoms with Gasteiger partial charge in [0.1, 0.15) is 5.69 Å². The topological polar surface area (TPSA) is 62.2 Å². The number of aryl methyl sites for hydroxylation is 1. The Kier molecular flexibility index (Phi) is 4.24. The summed E-state index contributed by atoms with van der Waals surface area (Å²) < 4.78 is 0. The minimum atomic E-state index is -0.393. The molecule has 0 saturated heterocycles. The number of amides is 1. The fourth-order valence-corrected chi connectivity index (χ4v) is 1.20. The second kappa shape index (κ2) is 5.46. The van der Waals surface area contributed by atoms with Crippen molar-refractivity contribution in [3.8, 4) is 0 Å². The van der Waals surface area contributed by atoms with Gasteiger partial charge in [-0.3, -0.25) is 9.78 Å². The van der Waals surface area contributed by atoms with Crippen molar-refractivity contribution in [2.45, 2.75) is 26.4 Å². The zero-order chi connectivity index (χ0) is 11.3. The first-order chi connectivity index (χ1) is 7.11. The maximum atomic E-state index is 11.6. The number of rotatable bonds is 4. The molecule has 4 heteroatoms. The minimum absolute atomic E-state index is 0.186. The Bertz CT molecular complexity index is 337. The van der Waals surface area contributed by atoms with Crippen LogP contribution in [0.1, 0.15) is 29.4 Å². The zero-order valence-electron chi connectivity index (χ0n) is 9.03. The highest BCUT2D eigenvalue weighted by molar-refractivity contribution is 5.93. The first-order valence-electron chi connectivity index (χ1n) is 4.99. The molecule has 0 aliphatic rings. The summed E-state index contributed by atoms with van der Waals surface area (Å²) in [5, 5.41) is 11.7. The lowest BCUT2D eigenvalue weighted by Gasteiger charge is -2.07. The van der Waals surface area contributed by atoms with E-state index in [1.807, 2.05) is 13.0 Å². The van der Waals surface area contributed by atoms with E-state index in [1.165, 1.54) is 0 Å². The number of aliphatic hydroxyl groups excluding tert-OH is 1. The van der Waals surface area contributed by atoms with Crippen LogP contribution in [0.25, 0.3) is 0 Å². The Balaban J connectivity index is 2.51. The number of hydrogen-bond donors (Lipinski definition) is 2. The van der Waals surface area contributed by atoms with Gasteiger partial charge in [0.2, 0.25) is 0 Å². The SMILES string of the molecule is Cc1cccnc1C(=O)NCCC(C)O. The third-order valence-electron chi connectivity index (χ3n) is 2.07. The lowest BCUT2D eigenvalue weighted by Crippen LogP contribution is -2.27. The minimum Gasteiger partial charge on any atom is -0.393 e. The highest BCUT2D eigenvalue weighted by Gasteiger charge is 2.08. The van der Waals surface area contributed by atoms with Crippen LogP contribution in [0.3, 0.4) is 0 Å². The third kappa shape index (κ3) is 3.67. The molecule has 1 aromatic rings. The van der Waals surface area contributed by atoms with E-state index < -0.39 is 6.10 Å². The molecule has 1 atom stereocenters. The standard InChI is InChI=1S/C11H16N2O2/c1-8-4-3-6-12-10(8)11(15)13-7-5-9(2)14/h3-4,6,9,14H,5,7H2,1-2H3,(H,13,15). The molecule has 0 saturated carbocycles. The van der Waals surface area contributed by atoms with E-state index >= 15 is 0 Å². The molecule has 1 heterocycles. The summed E-state index contributed by atoms with van der Waals surface area (Å²) in [6.07, 6.45) is 1.75. The Morgan fingerprint density at radius 1 is 1.67 bits per heavy atom. The van der Waals surface area contributed by atoms with Crippen molar-refractivity contribution in [1.82, 2.24) is 10.3 Å². The third-order valence-corrected chi connectivity index (χ3v) is 2.07. The predicted molar refractivity (Wildman–Crippen MR) is 57.6 cm³/mol. The smallest absolute Gasteiger partial charge is 0.270 e. The van der Waals surface area contributed by atoms with Crippen LogP contribution in [-0.4, -0.2) is 28.6 Å². The molecule has 0 aliphatic carbocycles. The van der Waals surface area contributed by atoms with Crippen LogP contribution in [0.5, 0.6) is 0 Å². The first kappa shape index (κ1) is 11.7. The Morgan fingerprint density at radius 3 is 3.00 bits per heavy atom. The second-order valence-corrected chi connectivity index (χ2v) is 3.56. The molecule has 0 bridgehead atoms. The monoisotopic (exact) mass is 208 g/mol. The summed E-state index contributed by atoms with van der Waals surface area (Å²) in [6.45, 7) is 4.00. The van der Waals surface area contributed by atoms with E-state index in [2.05, 4.69) is 10.3 Å². The summed E-state index contributed by atoms with van der Waals surface area (Å²) >= 11 is 0. The quantitative estimate of drug-likeness (QED) is 0.772. The van der Waals surface area contributed by atoms with Gasteiger partial charge in [0.15, 0.2) is 0 Å². The fourth-order valence-electron chi connectivity index (χ4n) is 1.20. The van der Waals surface area contributed by atoms with Crippen molar-refractivity contribution in [3.63, 3.8) is 0 Å². The van der Waals surface area contributed by atoms with Crippen molar-refractivity contribution in [2.75, 3.05) is 6.54 Å². The van der Waals surface area contributed by atoms with Crippen molar-refractivity contribution in [2.24, 2.45) is 0 Å². The maximum absolute atomic E-state index is 11.6. The molecular formula is C11H16N2O2. The van der Waals surface area contributed by atoms with Gasteiger partial charge in [0.25, 0.3) is 5.91 Å². The molecule has 2 N–H and O–H groups in total. The molecular weight excluding hydrogens is 192 g/mol. The molecule has 4 nitrogen and oxygen atoms in total. The molecule has 0 spiro atoms. The lowest BCUT2D eigenvalue weighted by atomic mass is 10.2. The summed E-state index contributed by atoms with van der Waals surface area (Å²) in [5.74, 6) is -0.186. The van der Waals surface area contributed by atoms with Crippen molar-refractivity contribution < 1.29 is 9.90 Å². The van der Waals surface area contributed by atoms with Gasteiger partial charge in [0.05, 0.1) is 6.10 Å². The molecule has 0 fully saturated rings. The number of aliphatic hydroxyl groups is 1. The van der Waals surface area contributed by atoms with Crippen molar-refractivity contribution in [3.05, 3.63) is 29.6 Å². The van der Waals surface area contributed by atoms with Crippen molar-refractivity contribution >= 4 is 5.91 Å². The van der Waals surface area contributed by atoms with Gasteiger partial charge < -0.3 is 10.4 Å². The van der Waals surface area contributed by atoms with Crippen LogP contribution in [0, 0.1) is 6.92 Å². The Hall–Kier alpha value is -1.42. The number of carbonyl (C=O) groups is 1. The lowest BCUT2D eigenvalue weighted by molar-refractivity contribution is 0.0940. The van der Waals surface area contributed by atoms with Gasteiger partial charge >= 0.3 is 0 Å². The van der Waals surface area contributed by atoms with Crippen LogP contribution in [0.4, 0.5) is 0 Å². The number of pyridine rings is 1. The summed E-state index contributed by atoms with van der Waals surface area (Å²) in [7, 11) is 0. The van der Waals surface area contributed by atoms with Gasteiger partial charge in [-0.15, -0.1) is 0 Å². The van der Waals surface area contributed by atoms with E-state index in [0.29, 0.717) is 18.7 Å². The van der Waals surface area contributed by atoms with E-state index in [1.54, 1.807) is 19.2 Å². The molecule has 1 unspecified atom stereocenters. The molecule has 0 aliphatic heterocycles. The number of hydrogen-bond acceptors (Lipinski definition) is 3. The number of aromatic nitrogens is 1. The number of carbonyl (C=O) groups excluding carboxylic acids is 1. The first-order valence-corrected chi connectivity index (χ1v) is 4.99. The normalized spacial score (nSPS) is 12.2.